The highest BCUT2D eigenvalue weighted by molar-refractivity contribution is 6.14. The molecule has 0 aliphatic rings. The Morgan fingerprint density at radius 2 is 1.87 bits per heavy atom. The SMILES string of the molecule is Cc1cccn2cc(CC(=O)Nc3ccc([N+](=O)[O-])cc3C(=O)c3ccccc3)nc12. The Balaban J connectivity index is 1.62. The van der Waals surface area contributed by atoms with E-state index in [1.165, 1.54) is 18.2 Å². The molecule has 1 amide bonds. The molecule has 0 saturated heterocycles. The van der Waals surface area contributed by atoms with E-state index in [-0.39, 0.29) is 29.3 Å². The van der Waals surface area contributed by atoms with Crippen LogP contribution < -0.4 is 5.32 Å². The van der Waals surface area contributed by atoms with Gasteiger partial charge in [-0.3, -0.25) is 19.7 Å². The summed E-state index contributed by atoms with van der Waals surface area (Å²) in [6.07, 6.45) is 3.62. The molecule has 1 N–H and O–H groups in total. The molecule has 0 saturated carbocycles. The van der Waals surface area contributed by atoms with E-state index in [1.54, 1.807) is 36.5 Å². The first kappa shape index (κ1) is 20.0. The van der Waals surface area contributed by atoms with Crippen molar-refractivity contribution in [2.24, 2.45) is 0 Å². The summed E-state index contributed by atoms with van der Waals surface area (Å²) in [6, 6.07) is 16.0. The maximum Gasteiger partial charge on any atom is 0.270 e. The maximum absolute atomic E-state index is 12.9. The van der Waals surface area contributed by atoms with Crippen molar-refractivity contribution in [3.8, 4) is 0 Å². The summed E-state index contributed by atoms with van der Waals surface area (Å²) in [4.78, 5) is 40.7. The van der Waals surface area contributed by atoms with Gasteiger partial charge in [-0.15, -0.1) is 0 Å². The van der Waals surface area contributed by atoms with Crippen LogP contribution in [0.3, 0.4) is 0 Å². The van der Waals surface area contributed by atoms with E-state index in [9.17, 15) is 19.7 Å². The van der Waals surface area contributed by atoms with E-state index >= 15 is 0 Å². The van der Waals surface area contributed by atoms with Gasteiger partial charge >= 0.3 is 0 Å². The monoisotopic (exact) mass is 414 g/mol. The highest BCUT2D eigenvalue weighted by Gasteiger charge is 2.20. The Morgan fingerprint density at radius 3 is 2.58 bits per heavy atom. The number of non-ortho nitro benzene ring substituents is 1. The zero-order valence-corrected chi connectivity index (χ0v) is 16.6. The number of carbonyl (C=O) groups excluding carboxylic acids is 2. The molecule has 0 unspecified atom stereocenters. The number of imidazole rings is 1. The number of carbonyl (C=O) groups is 2. The summed E-state index contributed by atoms with van der Waals surface area (Å²) < 4.78 is 1.84. The Morgan fingerprint density at radius 1 is 1.10 bits per heavy atom. The number of anilines is 1. The Bertz CT molecular complexity index is 1310. The molecule has 0 aliphatic heterocycles. The van der Waals surface area contributed by atoms with Crippen LogP contribution in [0.5, 0.6) is 0 Å². The summed E-state index contributed by atoms with van der Waals surface area (Å²) in [5.41, 5.74) is 2.73. The number of nitro groups is 1. The summed E-state index contributed by atoms with van der Waals surface area (Å²) in [7, 11) is 0. The minimum absolute atomic E-state index is 0.00290. The highest BCUT2D eigenvalue weighted by Crippen LogP contribution is 2.25. The van der Waals surface area contributed by atoms with E-state index < -0.39 is 10.7 Å². The van der Waals surface area contributed by atoms with Crippen LogP contribution in [0.1, 0.15) is 27.2 Å². The molecule has 0 atom stereocenters. The molecule has 0 aliphatic carbocycles. The Kier molecular flexibility index (Phi) is 5.28. The first-order valence-electron chi connectivity index (χ1n) is 9.53. The number of benzene rings is 2. The number of fused-ring (bicyclic) bond motifs is 1. The summed E-state index contributed by atoms with van der Waals surface area (Å²) >= 11 is 0. The third kappa shape index (κ3) is 4.18. The first-order valence-corrected chi connectivity index (χ1v) is 9.53. The lowest BCUT2D eigenvalue weighted by Crippen LogP contribution is -2.17. The molecule has 4 rings (SSSR count). The molecule has 31 heavy (non-hydrogen) atoms. The van der Waals surface area contributed by atoms with Gasteiger partial charge in [-0.1, -0.05) is 36.4 Å². The third-order valence-electron chi connectivity index (χ3n) is 4.84. The summed E-state index contributed by atoms with van der Waals surface area (Å²) in [5, 5.41) is 13.9. The first-order chi connectivity index (χ1) is 14.9. The van der Waals surface area contributed by atoms with Crippen LogP contribution in [-0.4, -0.2) is 26.0 Å². The molecule has 8 nitrogen and oxygen atoms in total. The molecule has 2 aromatic carbocycles. The van der Waals surface area contributed by atoms with Crippen LogP contribution in [0.15, 0.2) is 73.1 Å². The predicted molar refractivity (Wildman–Crippen MR) is 115 cm³/mol. The number of nitro benzene ring substituents is 1. The highest BCUT2D eigenvalue weighted by atomic mass is 16.6. The lowest BCUT2D eigenvalue weighted by atomic mass is 10.0. The van der Waals surface area contributed by atoms with Gasteiger partial charge in [0.05, 0.1) is 28.3 Å². The fourth-order valence-corrected chi connectivity index (χ4v) is 3.34. The van der Waals surface area contributed by atoms with Crippen molar-refractivity contribution < 1.29 is 14.5 Å². The van der Waals surface area contributed by atoms with E-state index in [0.29, 0.717) is 11.3 Å². The predicted octanol–water partition coefficient (Wildman–Crippen LogP) is 3.96. The second-order valence-electron chi connectivity index (χ2n) is 7.06. The lowest BCUT2D eigenvalue weighted by molar-refractivity contribution is -0.384. The molecule has 0 radical (unpaired) electrons. The van der Waals surface area contributed by atoms with Crippen molar-refractivity contribution in [3.63, 3.8) is 0 Å². The second-order valence-corrected chi connectivity index (χ2v) is 7.06. The topological polar surface area (TPSA) is 107 Å². The lowest BCUT2D eigenvalue weighted by Gasteiger charge is -2.10. The molecule has 8 heteroatoms. The number of aryl methyl sites for hydroxylation is 1. The molecule has 4 aromatic rings. The van der Waals surface area contributed by atoms with Crippen LogP contribution in [0.2, 0.25) is 0 Å². The fraction of sp³-hybridized carbons (Fsp3) is 0.0870. The van der Waals surface area contributed by atoms with Gasteiger partial charge in [0, 0.05) is 30.1 Å². The maximum atomic E-state index is 12.9. The van der Waals surface area contributed by atoms with E-state index in [0.717, 1.165) is 11.2 Å². The average molecular weight is 414 g/mol. The Hall–Kier alpha value is -4.33. The molecule has 0 bridgehead atoms. The Labute approximate surface area is 177 Å². The fourth-order valence-electron chi connectivity index (χ4n) is 3.34. The molecule has 2 heterocycles. The van der Waals surface area contributed by atoms with Crippen molar-refractivity contribution in [2.45, 2.75) is 13.3 Å². The van der Waals surface area contributed by atoms with Crippen LogP contribution in [0.25, 0.3) is 5.65 Å². The van der Waals surface area contributed by atoms with Gasteiger partial charge in [0.1, 0.15) is 5.65 Å². The standard InChI is InChI=1S/C23H18N4O4/c1-15-6-5-11-26-14-17(24-23(15)26)12-21(28)25-20-10-9-18(27(30)31)13-19(20)22(29)16-7-3-2-4-8-16/h2-11,13-14H,12H2,1H3,(H,25,28). The number of hydrogen-bond donors (Lipinski definition) is 1. The number of pyridine rings is 1. The summed E-state index contributed by atoms with van der Waals surface area (Å²) in [5.74, 6) is -0.792. The van der Waals surface area contributed by atoms with Gasteiger partial charge in [0.25, 0.3) is 5.69 Å². The van der Waals surface area contributed by atoms with Gasteiger partial charge in [0.2, 0.25) is 5.91 Å². The zero-order chi connectivity index (χ0) is 22.0. The van der Waals surface area contributed by atoms with Crippen molar-refractivity contribution in [2.75, 3.05) is 5.32 Å². The quantitative estimate of drug-likeness (QED) is 0.292. The van der Waals surface area contributed by atoms with Crippen LogP contribution in [0, 0.1) is 17.0 Å². The van der Waals surface area contributed by atoms with Gasteiger partial charge in [-0.25, -0.2) is 4.98 Å². The molecule has 0 spiro atoms. The van der Waals surface area contributed by atoms with Gasteiger partial charge in [-0.2, -0.15) is 0 Å². The largest absolute Gasteiger partial charge is 0.325 e. The van der Waals surface area contributed by atoms with E-state index in [2.05, 4.69) is 10.3 Å². The molecule has 154 valence electrons. The van der Waals surface area contributed by atoms with Crippen molar-refractivity contribution >= 4 is 28.7 Å². The zero-order valence-electron chi connectivity index (χ0n) is 16.6. The van der Waals surface area contributed by atoms with Crippen LogP contribution >= 0.6 is 0 Å². The molecule has 2 aromatic heterocycles. The number of ketones is 1. The van der Waals surface area contributed by atoms with Gasteiger partial charge in [0.15, 0.2) is 5.78 Å². The number of rotatable bonds is 6. The van der Waals surface area contributed by atoms with Gasteiger partial charge < -0.3 is 9.72 Å². The van der Waals surface area contributed by atoms with Crippen molar-refractivity contribution in [1.29, 1.82) is 0 Å². The smallest absolute Gasteiger partial charge is 0.270 e. The molecule has 0 fully saturated rings. The van der Waals surface area contributed by atoms with Crippen molar-refractivity contribution in [1.82, 2.24) is 9.38 Å². The number of amides is 1. The number of nitrogens with zero attached hydrogens (tertiary/aromatic N) is 3. The molecular formula is C23H18N4O4. The van der Waals surface area contributed by atoms with Crippen molar-refractivity contribution in [3.05, 3.63) is 106 Å². The van der Waals surface area contributed by atoms with Crippen LogP contribution in [-0.2, 0) is 11.2 Å². The second kappa shape index (κ2) is 8.19. The number of aromatic nitrogens is 2. The van der Waals surface area contributed by atoms with Crippen LogP contribution in [0.4, 0.5) is 11.4 Å². The summed E-state index contributed by atoms with van der Waals surface area (Å²) in [6.45, 7) is 1.94. The number of nitrogens with one attached hydrogen (secondary N) is 1. The molecular weight excluding hydrogens is 396 g/mol. The number of hydrogen-bond acceptors (Lipinski definition) is 5. The minimum Gasteiger partial charge on any atom is -0.325 e. The minimum atomic E-state index is -0.577. The normalized spacial score (nSPS) is 10.7. The van der Waals surface area contributed by atoms with E-state index in [1.807, 2.05) is 29.7 Å². The van der Waals surface area contributed by atoms with E-state index in [4.69, 9.17) is 0 Å². The third-order valence-corrected chi connectivity index (χ3v) is 4.84. The van der Waals surface area contributed by atoms with Gasteiger partial charge in [-0.05, 0) is 24.6 Å². The average Bonchev–Trinajstić information content (AvgIpc) is 3.17.